The zero-order chi connectivity index (χ0) is 21.5. The van der Waals surface area contributed by atoms with E-state index in [2.05, 4.69) is 18.4 Å². The van der Waals surface area contributed by atoms with Crippen LogP contribution in [-0.2, 0) is 17.8 Å². The largest absolute Gasteiger partial charge is 0.497 e. The molecule has 1 unspecified atom stereocenters. The average molecular weight is 444 g/mol. The molecule has 3 rings (SSSR count). The van der Waals surface area contributed by atoms with Crippen LogP contribution in [0.3, 0.4) is 0 Å². The van der Waals surface area contributed by atoms with Gasteiger partial charge in [-0.3, -0.25) is 4.79 Å². The van der Waals surface area contributed by atoms with Gasteiger partial charge in [0.1, 0.15) is 11.5 Å². The van der Waals surface area contributed by atoms with Crippen molar-refractivity contribution in [3.63, 3.8) is 0 Å². The Balaban J connectivity index is 1.73. The van der Waals surface area contributed by atoms with E-state index in [1.165, 1.54) is 4.88 Å². The number of thiophene rings is 1. The zero-order valence-electron chi connectivity index (χ0n) is 17.4. The highest BCUT2D eigenvalue weighted by Gasteiger charge is 2.22. The molecule has 6 heteroatoms. The van der Waals surface area contributed by atoms with E-state index in [4.69, 9.17) is 21.1 Å². The minimum Gasteiger partial charge on any atom is -0.497 e. The summed E-state index contributed by atoms with van der Waals surface area (Å²) in [6.07, 6.45) is 0.805. The molecule has 0 radical (unpaired) electrons. The molecule has 0 bridgehead atoms. The van der Waals surface area contributed by atoms with Crippen LogP contribution in [-0.4, -0.2) is 30.6 Å². The van der Waals surface area contributed by atoms with E-state index in [0.717, 1.165) is 23.3 Å². The van der Waals surface area contributed by atoms with Crippen molar-refractivity contribution >= 4 is 28.8 Å². The van der Waals surface area contributed by atoms with Crippen LogP contribution in [0.2, 0.25) is 5.02 Å². The van der Waals surface area contributed by atoms with Gasteiger partial charge in [0.25, 0.3) is 5.91 Å². The summed E-state index contributed by atoms with van der Waals surface area (Å²) in [7, 11) is 1.64. The van der Waals surface area contributed by atoms with E-state index >= 15 is 0 Å². The number of hydrogen-bond donors (Lipinski definition) is 0. The van der Waals surface area contributed by atoms with Crippen molar-refractivity contribution in [3.05, 3.63) is 81.0 Å². The van der Waals surface area contributed by atoms with Crippen LogP contribution in [0.15, 0.2) is 60.0 Å². The lowest BCUT2D eigenvalue weighted by Crippen LogP contribution is -2.41. The highest BCUT2D eigenvalue weighted by Crippen LogP contribution is 2.23. The number of nitrogens with zero attached hydrogens (tertiary/aromatic N) is 1. The molecular formula is C24H26ClNO3S. The number of carbonyl (C=O) groups is 1. The second-order valence-electron chi connectivity index (χ2n) is 7.20. The Hall–Kier alpha value is -2.50. The number of halogens is 1. The van der Waals surface area contributed by atoms with Crippen LogP contribution < -0.4 is 9.47 Å². The first-order chi connectivity index (χ1) is 14.5. The van der Waals surface area contributed by atoms with E-state index in [1.807, 2.05) is 48.2 Å². The first-order valence-electron chi connectivity index (χ1n) is 9.80. The third kappa shape index (κ3) is 6.00. The van der Waals surface area contributed by atoms with Gasteiger partial charge in [0, 0.05) is 28.9 Å². The highest BCUT2D eigenvalue weighted by molar-refractivity contribution is 7.09. The standard InChI is InChI=1S/C24H26ClNO3S/c1-17-13-20(25)8-11-23(17)29-16-24(27)26(18(2)14-22-5-4-12-30-22)15-19-6-9-21(28-3)10-7-19/h4-13,18H,14-16H2,1-3H3. The van der Waals surface area contributed by atoms with Crippen molar-refractivity contribution in [2.24, 2.45) is 0 Å². The smallest absolute Gasteiger partial charge is 0.261 e. The predicted octanol–water partition coefficient (Wildman–Crippen LogP) is 5.76. The Morgan fingerprint density at radius 1 is 1.17 bits per heavy atom. The second kappa shape index (κ2) is 10.5. The first-order valence-corrected chi connectivity index (χ1v) is 11.1. The van der Waals surface area contributed by atoms with Crippen molar-refractivity contribution in [1.82, 2.24) is 4.90 Å². The summed E-state index contributed by atoms with van der Waals surface area (Å²) in [6, 6.07) is 17.4. The monoisotopic (exact) mass is 443 g/mol. The molecule has 1 heterocycles. The van der Waals surface area contributed by atoms with Crippen molar-refractivity contribution < 1.29 is 14.3 Å². The van der Waals surface area contributed by atoms with E-state index in [-0.39, 0.29) is 18.6 Å². The topological polar surface area (TPSA) is 38.8 Å². The van der Waals surface area contributed by atoms with Crippen molar-refractivity contribution in [3.8, 4) is 11.5 Å². The van der Waals surface area contributed by atoms with Crippen LogP contribution in [0.5, 0.6) is 11.5 Å². The normalized spacial score (nSPS) is 11.7. The summed E-state index contributed by atoms with van der Waals surface area (Å²) >= 11 is 7.72. The fourth-order valence-corrected chi connectivity index (χ4v) is 4.30. The number of hydrogen-bond acceptors (Lipinski definition) is 4. The summed E-state index contributed by atoms with van der Waals surface area (Å²) < 4.78 is 11.1. The molecule has 0 saturated heterocycles. The number of aryl methyl sites for hydroxylation is 1. The summed E-state index contributed by atoms with van der Waals surface area (Å²) in [4.78, 5) is 16.3. The van der Waals surface area contributed by atoms with Crippen molar-refractivity contribution in [2.75, 3.05) is 13.7 Å². The van der Waals surface area contributed by atoms with Crippen LogP contribution in [0.25, 0.3) is 0 Å². The number of ether oxygens (including phenoxy) is 2. The maximum atomic E-state index is 13.1. The van der Waals surface area contributed by atoms with Crippen LogP contribution >= 0.6 is 22.9 Å². The third-order valence-corrected chi connectivity index (χ3v) is 6.06. The van der Waals surface area contributed by atoms with Gasteiger partial charge in [0.15, 0.2) is 6.61 Å². The predicted molar refractivity (Wildman–Crippen MR) is 123 cm³/mol. The summed E-state index contributed by atoms with van der Waals surface area (Å²) in [5.74, 6) is 1.41. The molecule has 158 valence electrons. The molecule has 1 atom stereocenters. The molecule has 0 fully saturated rings. The van der Waals surface area contributed by atoms with Gasteiger partial charge >= 0.3 is 0 Å². The van der Waals surface area contributed by atoms with E-state index in [1.54, 1.807) is 30.6 Å². The summed E-state index contributed by atoms with van der Waals surface area (Å²) in [6.45, 7) is 4.49. The minimum absolute atomic E-state index is 0.0204. The average Bonchev–Trinajstić information content (AvgIpc) is 3.24. The molecule has 4 nitrogen and oxygen atoms in total. The van der Waals surface area contributed by atoms with Gasteiger partial charge in [-0.2, -0.15) is 0 Å². The Labute approximate surface area is 187 Å². The molecule has 1 aromatic heterocycles. The number of amides is 1. The van der Waals surface area contributed by atoms with Crippen molar-refractivity contribution in [2.45, 2.75) is 32.9 Å². The molecule has 1 amide bonds. The lowest BCUT2D eigenvalue weighted by Gasteiger charge is -2.29. The number of rotatable bonds is 9. The number of benzene rings is 2. The number of methoxy groups -OCH3 is 1. The lowest BCUT2D eigenvalue weighted by atomic mass is 10.1. The first kappa shape index (κ1) is 22.2. The van der Waals surface area contributed by atoms with Crippen LogP contribution in [0.4, 0.5) is 0 Å². The van der Waals surface area contributed by atoms with Crippen LogP contribution in [0.1, 0.15) is 22.9 Å². The molecule has 0 aliphatic heterocycles. The molecule has 0 aliphatic rings. The fraction of sp³-hybridized carbons (Fsp3) is 0.292. The van der Waals surface area contributed by atoms with Gasteiger partial charge in [-0.05, 0) is 66.8 Å². The maximum absolute atomic E-state index is 13.1. The Morgan fingerprint density at radius 2 is 1.93 bits per heavy atom. The van der Waals surface area contributed by atoms with Gasteiger partial charge in [0.2, 0.25) is 0 Å². The minimum atomic E-state index is -0.0516. The van der Waals surface area contributed by atoms with E-state index in [9.17, 15) is 4.79 Å². The fourth-order valence-electron chi connectivity index (χ4n) is 3.24. The van der Waals surface area contributed by atoms with E-state index < -0.39 is 0 Å². The molecule has 2 aromatic carbocycles. The van der Waals surface area contributed by atoms with Gasteiger partial charge in [-0.1, -0.05) is 29.8 Å². The lowest BCUT2D eigenvalue weighted by molar-refractivity contribution is -0.136. The molecule has 30 heavy (non-hydrogen) atoms. The summed E-state index contributed by atoms with van der Waals surface area (Å²) in [5.41, 5.74) is 1.95. The van der Waals surface area contributed by atoms with Crippen LogP contribution in [0, 0.1) is 6.92 Å². The quantitative estimate of drug-likeness (QED) is 0.422. The molecule has 0 N–H and O–H groups in total. The SMILES string of the molecule is COc1ccc(CN(C(=O)COc2ccc(Cl)cc2C)C(C)Cc2cccs2)cc1. The maximum Gasteiger partial charge on any atom is 0.261 e. The van der Waals surface area contributed by atoms with Gasteiger partial charge in [-0.25, -0.2) is 0 Å². The zero-order valence-corrected chi connectivity index (χ0v) is 19.0. The van der Waals surface area contributed by atoms with Gasteiger partial charge < -0.3 is 14.4 Å². The van der Waals surface area contributed by atoms with E-state index in [0.29, 0.717) is 17.3 Å². The number of carbonyl (C=O) groups excluding carboxylic acids is 1. The molecule has 0 saturated carbocycles. The Kier molecular flexibility index (Phi) is 7.77. The molecule has 0 spiro atoms. The third-order valence-electron chi connectivity index (χ3n) is 4.93. The van der Waals surface area contributed by atoms with Gasteiger partial charge in [-0.15, -0.1) is 11.3 Å². The van der Waals surface area contributed by atoms with Crippen molar-refractivity contribution in [1.29, 1.82) is 0 Å². The highest BCUT2D eigenvalue weighted by atomic mass is 35.5. The second-order valence-corrected chi connectivity index (χ2v) is 8.67. The summed E-state index contributed by atoms with van der Waals surface area (Å²) in [5, 5.41) is 2.71. The van der Waals surface area contributed by atoms with Gasteiger partial charge in [0.05, 0.1) is 7.11 Å². The Morgan fingerprint density at radius 3 is 2.57 bits per heavy atom. The molecule has 0 aliphatic carbocycles. The molecule has 3 aromatic rings. The Bertz CT molecular complexity index is 957. The molecular weight excluding hydrogens is 418 g/mol.